The van der Waals surface area contributed by atoms with Crippen LogP contribution in [0.4, 0.5) is 20.6 Å². The van der Waals surface area contributed by atoms with Gasteiger partial charge in [0.2, 0.25) is 5.91 Å². The maximum absolute atomic E-state index is 14.5. The Labute approximate surface area is 139 Å². The molecule has 0 spiro atoms. The number of rotatable bonds is 3. The molecule has 8 heteroatoms. The number of carbonyl (C=O) groups is 2. The second-order valence-electron chi connectivity index (χ2n) is 5.74. The molecule has 1 atom stereocenters. The molecule has 2 aliphatic heterocycles. The Bertz CT molecular complexity index is 694. The minimum absolute atomic E-state index is 0.0663. The molecule has 1 aromatic carbocycles. The Morgan fingerprint density at radius 3 is 2.75 bits per heavy atom. The van der Waals surface area contributed by atoms with Crippen molar-refractivity contribution in [2.45, 2.75) is 26.4 Å². The lowest BCUT2D eigenvalue weighted by molar-refractivity contribution is -0.130. The molecule has 1 fully saturated rings. The molecule has 1 aromatic rings. The smallest absolute Gasteiger partial charge is 0.414 e. The first kappa shape index (κ1) is 16.2. The minimum atomic E-state index is -0.470. The minimum Gasteiger partial charge on any atom is -0.444 e. The summed E-state index contributed by atoms with van der Waals surface area (Å²) >= 11 is 0. The van der Waals surface area contributed by atoms with Gasteiger partial charge in [-0.05, 0) is 25.1 Å². The summed E-state index contributed by atoms with van der Waals surface area (Å²) in [5, 5.41) is 5.43. The van der Waals surface area contributed by atoms with Gasteiger partial charge in [-0.2, -0.15) is 5.10 Å². The highest BCUT2D eigenvalue weighted by Crippen LogP contribution is 2.28. The quantitative estimate of drug-likeness (QED) is 0.850. The molecule has 0 aromatic heterocycles. The average Bonchev–Trinajstić information content (AvgIpc) is 2.92. The third-order valence-electron chi connectivity index (χ3n) is 3.99. The molecule has 3 rings (SSSR count). The predicted molar refractivity (Wildman–Crippen MR) is 87.5 cm³/mol. The van der Waals surface area contributed by atoms with Gasteiger partial charge in [0.05, 0.1) is 24.5 Å². The number of hydrogen-bond donors (Lipinski definition) is 0. The van der Waals surface area contributed by atoms with Gasteiger partial charge in [0.15, 0.2) is 0 Å². The number of halogens is 1. The largest absolute Gasteiger partial charge is 0.444 e. The highest BCUT2D eigenvalue weighted by Gasteiger charge is 2.30. The number of anilines is 2. The first-order chi connectivity index (χ1) is 11.5. The van der Waals surface area contributed by atoms with Crippen LogP contribution >= 0.6 is 0 Å². The van der Waals surface area contributed by atoms with Crippen LogP contribution in [0.15, 0.2) is 23.3 Å². The number of benzene rings is 1. The number of hydrogen-bond acceptors (Lipinski definition) is 5. The van der Waals surface area contributed by atoms with E-state index in [2.05, 4.69) is 5.10 Å². The molecular formula is C16H19FN4O3. The summed E-state index contributed by atoms with van der Waals surface area (Å²) in [5.41, 5.74) is 0.814. The van der Waals surface area contributed by atoms with Gasteiger partial charge in [-0.3, -0.25) is 9.69 Å². The number of hydrazone groups is 1. The number of nitrogens with zero attached hydrogens (tertiary/aromatic N) is 4. The normalized spacial score (nSPS) is 20.5. The van der Waals surface area contributed by atoms with Crippen LogP contribution in [-0.4, -0.2) is 49.1 Å². The zero-order valence-electron chi connectivity index (χ0n) is 13.6. The molecule has 2 amide bonds. The van der Waals surface area contributed by atoms with Crippen molar-refractivity contribution in [2.24, 2.45) is 5.10 Å². The van der Waals surface area contributed by atoms with Crippen LogP contribution in [0.1, 0.15) is 20.3 Å². The van der Waals surface area contributed by atoms with E-state index in [0.29, 0.717) is 37.4 Å². The second kappa shape index (κ2) is 6.46. The molecule has 7 nitrogen and oxygen atoms in total. The van der Waals surface area contributed by atoms with Gasteiger partial charge in [-0.1, -0.05) is 6.92 Å². The van der Waals surface area contributed by atoms with Crippen molar-refractivity contribution in [1.29, 1.82) is 0 Å². The zero-order valence-corrected chi connectivity index (χ0v) is 13.6. The van der Waals surface area contributed by atoms with Crippen LogP contribution in [-0.2, 0) is 9.53 Å². The van der Waals surface area contributed by atoms with Gasteiger partial charge in [-0.15, -0.1) is 0 Å². The lowest BCUT2D eigenvalue weighted by Gasteiger charge is -2.29. The Morgan fingerprint density at radius 1 is 1.42 bits per heavy atom. The molecule has 2 heterocycles. The van der Waals surface area contributed by atoms with Crippen LogP contribution in [0.3, 0.4) is 0 Å². The van der Waals surface area contributed by atoms with E-state index in [1.54, 1.807) is 30.9 Å². The highest BCUT2D eigenvalue weighted by molar-refractivity contribution is 5.90. The molecule has 0 aliphatic carbocycles. The summed E-state index contributed by atoms with van der Waals surface area (Å²) in [5.74, 6) is -0.523. The lowest BCUT2D eigenvalue weighted by atomic mass is 10.2. The third kappa shape index (κ3) is 3.04. The zero-order chi connectivity index (χ0) is 17.3. The van der Waals surface area contributed by atoms with E-state index in [4.69, 9.17) is 4.74 Å². The summed E-state index contributed by atoms with van der Waals surface area (Å²) in [6.45, 7) is 4.81. The lowest BCUT2D eigenvalue weighted by Crippen LogP contribution is -2.40. The third-order valence-corrected chi connectivity index (χ3v) is 3.99. The van der Waals surface area contributed by atoms with Crippen molar-refractivity contribution in [3.63, 3.8) is 0 Å². The van der Waals surface area contributed by atoms with E-state index in [1.807, 2.05) is 0 Å². The summed E-state index contributed by atoms with van der Waals surface area (Å²) in [4.78, 5) is 26.4. The molecular weight excluding hydrogens is 315 g/mol. The predicted octanol–water partition coefficient (Wildman–Crippen LogP) is 2.17. The van der Waals surface area contributed by atoms with Gasteiger partial charge in [0.1, 0.15) is 18.3 Å². The molecule has 0 bridgehead atoms. The van der Waals surface area contributed by atoms with Crippen LogP contribution in [0, 0.1) is 5.82 Å². The highest BCUT2D eigenvalue weighted by atomic mass is 19.1. The Balaban J connectivity index is 1.77. The molecule has 0 saturated carbocycles. The maximum atomic E-state index is 14.5. The van der Waals surface area contributed by atoms with E-state index < -0.39 is 11.9 Å². The van der Waals surface area contributed by atoms with E-state index in [0.717, 1.165) is 0 Å². The van der Waals surface area contributed by atoms with Gasteiger partial charge < -0.3 is 9.64 Å². The fourth-order valence-corrected chi connectivity index (χ4v) is 2.71. The fraction of sp³-hybridized carbons (Fsp3) is 0.438. The molecule has 128 valence electrons. The molecule has 24 heavy (non-hydrogen) atoms. The summed E-state index contributed by atoms with van der Waals surface area (Å²) in [6, 6.07) is 4.59. The molecule has 0 radical (unpaired) electrons. The molecule has 0 N–H and O–H groups in total. The van der Waals surface area contributed by atoms with Crippen molar-refractivity contribution < 1.29 is 18.7 Å². The van der Waals surface area contributed by atoms with Gasteiger partial charge in [0.25, 0.3) is 0 Å². The van der Waals surface area contributed by atoms with Crippen LogP contribution in [0.5, 0.6) is 0 Å². The number of cyclic esters (lactones) is 1. The number of ether oxygens (including phenoxy) is 1. The average molecular weight is 334 g/mol. The van der Waals surface area contributed by atoms with Gasteiger partial charge in [0, 0.05) is 13.0 Å². The van der Waals surface area contributed by atoms with E-state index in [-0.39, 0.29) is 12.0 Å². The van der Waals surface area contributed by atoms with Crippen LogP contribution < -0.4 is 9.80 Å². The standard InChI is InChI=1S/C16H19FN4O3/c1-3-15(22)21-7-6-19(10-18-21)14-5-4-12(8-13(14)17)20-9-11(2)24-16(20)23/h4-5,8,10-11H,3,6-7,9H2,1-2H3. The van der Waals surface area contributed by atoms with Crippen molar-refractivity contribution in [1.82, 2.24) is 5.01 Å². The van der Waals surface area contributed by atoms with Gasteiger partial charge >= 0.3 is 6.09 Å². The van der Waals surface area contributed by atoms with Crippen molar-refractivity contribution in [3.05, 3.63) is 24.0 Å². The molecule has 1 unspecified atom stereocenters. The number of carbonyl (C=O) groups excluding carboxylic acids is 2. The summed E-state index contributed by atoms with van der Waals surface area (Å²) in [6.07, 6.45) is 1.14. The van der Waals surface area contributed by atoms with E-state index in [1.165, 1.54) is 22.3 Å². The van der Waals surface area contributed by atoms with Gasteiger partial charge in [-0.25, -0.2) is 14.2 Å². The topological polar surface area (TPSA) is 65.5 Å². The summed E-state index contributed by atoms with van der Waals surface area (Å²) in [7, 11) is 0. The Morgan fingerprint density at radius 2 is 2.21 bits per heavy atom. The van der Waals surface area contributed by atoms with Crippen molar-refractivity contribution in [2.75, 3.05) is 29.4 Å². The van der Waals surface area contributed by atoms with E-state index in [9.17, 15) is 14.0 Å². The maximum Gasteiger partial charge on any atom is 0.414 e. The van der Waals surface area contributed by atoms with Crippen molar-refractivity contribution in [3.8, 4) is 0 Å². The first-order valence-corrected chi connectivity index (χ1v) is 7.88. The first-order valence-electron chi connectivity index (χ1n) is 7.88. The Hall–Kier alpha value is -2.64. The monoisotopic (exact) mass is 334 g/mol. The SMILES string of the molecule is CCC(=O)N1CCN(c2ccc(N3CC(C)OC3=O)cc2F)C=N1. The number of amides is 2. The van der Waals surface area contributed by atoms with E-state index >= 15 is 0 Å². The Kier molecular flexibility index (Phi) is 4.37. The van der Waals surface area contributed by atoms with Crippen LogP contribution in [0.2, 0.25) is 0 Å². The van der Waals surface area contributed by atoms with Crippen LogP contribution in [0.25, 0.3) is 0 Å². The molecule has 2 aliphatic rings. The fourth-order valence-electron chi connectivity index (χ4n) is 2.71. The summed E-state index contributed by atoms with van der Waals surface area (Å²) < 4.78 is 19.5. The molecule has 1 saturated heterocycles. The second-order valence-corrected chi connectivity index (χ2v) is 5.74. The van der Waals surface area contributed by atoms with Crippen molar-refractivity contribution >= 4 is 29.7 Å².